The van der Waals surface area contributed by atoms with E-state index in [2.05, 4.69) is 15.8 Å². The molecule has 0 saturated carbocycles. The number of nitrogens with one attached hydrogen (secondary N) is 2. The standard InChI is InChI=1S/C23H19N3O4/c1-29-20-10-6-5-9-19(20)24-22(28)18-13-15-11-12-17(27)14-21(15)30-23(18)26-25-16-7-3-2-4-8-16/h2-14,25,27H,1H3,(H,24,28)/b26-23-. The molecule has 0 aliphatic heterocycles. The molecule has 0 atom stereocenters. The Balaban J connectivity index is 1.78. The number of carbonyl (C=O) groups is 1. The summed E-state index contributed by atoms with van der Waals surface area (Å²) >= 11 is 0. The highest BCUT2D eigenvalue weighted by atomic mass is 16.5. The van der Waals surface area contributed by atoms with Crippen LogP contribution in [0.4, 0.5) is 11.4 Å². The maximum Gasteiger partial charge on any atom is 0.261 e. The minimum Gasteiger partial charge on any atom is -0.508 e. The van der Waals surface area contributed by atoms with E-state index in [4.69, 9.17) is 9.15 Å². The predicted octanol–water partition coefficient (Wildman–Crippen LogP) is 4.33. The molecule has 0 radical (unpaired) electrons. The number of hydrogen-bond donors (Lipinski definition) is 3. The number of para-hydroxylation sites is 3. The van der Waals surface area contributed by atoms with Gasteiger partial charge in [0, 0.05) is 11.5 Å². The molecule has 3 aromatic carbocycles. The van der Waals surface area contributed by atoms with Crippen molar-refractivity contribution in [1.82, 2.24) is 0 Å². The maximum atomic E-state index is 13.1. The number of benzene rings is 3. The molecule has 1 heterocycles. The first-order valence-electron chi connectivity index (χ1n) is 9.20. The van der Waals surface area contributed by atoms with E-state index in [-0.39, 0.29) is 16.9 Å². The normalized spacial score (nSPS) is 11.3. The number of fused-ring (bicyclic) bond motifs is 1. The molecule has 0 spiro atoms. The molecule has 30 heavy (non-hydrogen) atoms. The van der Waals surface area contributed by atoms with Crippen molar-refractivity contribution in [3.63, 3.8) is 0 Å². The van der Waals surface area contributed by atoms with Gasteiger partial charge in [-0.25, -0.2) is 0 Å². The van der Waals surface area contributed by atoms with Crippen LogP contribution < -0.4 is 21.0 Å². The van der Waals surface area contributed by atoms with Crippen molar-refractivity contribution in [2.75, 3.05) is 17.9 Å². The van der Waals surface area contributed by atoms with Crippen molar-refractivity contribution in [3.8, 4) is 11.5 Å². The van der Waals surface area contributed by atoms with E-state index < -0.39 is 5.91 Å². The lowest BCUT2D eigenvalue weighted by Crippen LogP contribution is -2.23. The van der Waals surface area contributed by atoms with Gasteiger partial charge in [0.1, 0.15) is 22.6 Å². The topological polar surface area (TPSA) is 96.1 Å². The molecule has 0 saturated heterocycles. The van der Waals surface area contributed by atoms with Gasteiger partial charge in [0.05, 0.1) is 18.5 Å². The van der Waals surface area contributed by atoms with Gasteiger partial charge in [0.2, 0.25) is 5.55 Å². The molecule has 0 fully saturated rings. The van der Waals surface area contributed by atoms with Crippen molar-refractivity contribution < 1.29 is 19.1 Å². The number of phenolic OH excluding ortho intramolecular Hbond substituents is 1. The summed E-state index contributed by atoms with van der Waals surface area (Å²) in [5.41, 5.74) is 4.85. The molecule has 150 valence electrons. The van der Waals surface area contributed by atoms with Crippen molar-refractivity contribution in [2.45, 2.75) is 0 Å². The fourth-order valence-electron chi connectivity index (χ4n) is 2.92. The van der Waals surface area contributed by atoms with Crippen molar-refractivity contribution >= 4 is 28.3 Å². The average molecular weight is 401 g/mol. The van der Waals surface area contributed by atoms with Gasteiger partial charge in [-0.05, 0) is 42.5 Å². The molecular formula is C23H19N3O4. The highest BCUT2D eigenvalue weighted by Gasteiger charge is 2.15. The number of methoxy groups -OCH3 is 1. The van der Waals surface area contributed by atoms with Gasteiger partial charge in [-0.2, -0.15) is 0 Å². The van der Waals surface area contributed by atoms with Crippen LogP contribution in [-0.4, -0.2) is 18.1 Å². The number of amides is 1. The largest absolute Gasteiger partial charge is 0.508 e. The van der Waals surface area contributed by atoms with Crippen molar-refractivity contribution in [3.05, 3.63) is 90.0 Å². The molecule has 0 aliphatic carbocycles. The Bertz CT molecular complexity index is 1270. The number of anilines is 2. The number of rotatable bonds is 5. The van der Waals surface area contributed by atoms with Crippen LogP contribution in [0, 0.1) is 0 Å². The van der Waals surface area contributed by atoms with Gasteiger partial charge < -0.3 is 19.6 Å². The molecular weight excluding hydrogens is 382 g/mol. The Morgan fingerprint density at radius 2 is 1.77 bits per heavy atom. The van der Waals surface area contributed by atoms with Gasteiger partial charge in [-0.15, -0.1) is 5.10 Å². The summed E-state index contributed by atoms with van der Waals surface area (Å²) in [4.78, 5) is 13.1. The molecule has 0 bridgehead atoms. The molecule has 0 aliphatic rings. The molecule has 7 nitrogen and oxygen atoms in total. The Hall–Kier alpha value is -4.26. The zero-order valence-electron chi connectivity index (χ0n) is 16.1. The summed E-state index contributed by atoms with van der Waals surface area (Å²) in [5.74, 6) is 0.181. The number of carbonyl (C=O) groups excluding carboxylic acids is 1. The SMILES string of the molecule is COc1ccccc1NC(=O)c1cc2ccc(O)cc2o/c1=N\Nc1ccccc1. The lowest BCUT2D eigenvalue weighted by atomic mass is 10.1. The second-order valence-electron chi connectivity index (χ2n) is 6.43. The zero-order valence-corrected chi connectivity index (χ0v) is 16.1. The monoisotopic (exact) mass is 401 g/mol. The van der Waals surface area contributed by atoms with Crippen molar-refractivity contribution in [2.24, 2.45) is 5.10 Å². The molecule has 4 rings (SSSR count). The van der Waals surface area contributed by atoms with E-state index in [0.29, 0.717) is 22.4 Å². The molecule has 1 aromatic heterocycles. The zero-order chi connectivity index (χ0) is 20.9. The van der Waals surface area contributed by atoms with E-state index in [1.807, 2.05) is 36.4 Å². The number of hydrogen-bond acceptors (Lipinski definition) is 6. The summed E-state index contributed by atoms with van der Waals surface area (Å²) in [7, 11) is 1.54. The van der Waals surface area contributed by atoms with Crippen LogP contribution in [-0.2, 0) is 0 Å². The lowest BCUT2D eigenvalue weighted by Gasteiger charge is -2.10. The van der Waals surface area contributed by atoms with Gasteiger partial charge in [-0.3, -0.25) is 10.2 Å². The molecule has 4 aromatic rings. The minimum atomic E-state index is -0.410. The number of ether oxygens (including phenoxy) is 1. The third-order valence-corrected chi connectivity index (χ3v) is 4.39. The van der Waals surface area contributed by atoms with Gasteiger partial charge >= 0.3 is 0 Å². The lowest BCUT2D eigenvalue weighted by molar-refractivity contribution is 0.102. The minimum absolute atomic E-state index is 0.0550. The van der Waals surface area contributed by atoms with Crippen LogP contribution >= 0.6 is 0 Å². The first kappa shape index (κ1) is 19.1. The summed E-state index contributed by atoms with van der Waals surface area (Å²) in [6.07, 6.45) is 0. The number of phenols is 1. The van der Waals surface area contributed by atoms with Crippen LogP contribution in [0.25, 0.3) is 11.0 Å². The summed E-state index contributed by atoms with van der Waals surface area (Å²) < 4.78 is 11.1. The molecule has 3 N–H and O–H groups in total. The quantitative estimate of drug-likeness (QED) is 0.433. The highest BCUT2D eigenvalue weighted by molar-refractivity contribution is 6.06. The van der Waals surface area contributed by atoms with Gasteiger partial charge in [-0.1, -0.05) is 30.3 Å². The van der Waals surface area contributed by atoms with Crippen LogP contribution in [0.5, 0.6) is 11.5 Å². The second-order valence-corrected chi connectivity index (χ2v) is 6.43. The summed E-state index contributed by atoms with van der Waals surface area (Å²) in [6, 6.07) is 22.7. The highest BCUT2D eigenvalue weighted by Crippen LogP contribution is 2.24. The van der Waals surface area contributed by atoms with E-state index in [1.165, 1.54) is 19.2 Å². The average Bonchev–Trinajstić information content (AvgIpc) is 2.78. The third kappa shape index (κ3) is 4.10. The predicted molar refractivity (Wildman–Crippen MR) is 114 cm³/mol. The fourth-order valence-corrected chi connectivity index (χ4v) is 2.92. The van der Waals surface area contributed by atoms with Crippen LogP contribution in [0.1, 0.15) is 10.4 Å². The smallest absolute Gasteiger partial charge is 0.261 e. The first-order valence-corrected chi connectivity index (χ1v) is 9.20. The van der Waals surface area contributed by atoms with Crippen molar-refractivity contribution in [1.29, 1.82) is 0 Å². The Kier molecular flexibility index (Phi) is 5.34. The van der Waals surface area contributed by atoms with Crippen LogP contribution in [0.3, 0.4) is 0 Å². The van der Waals surface area contributed by atoms with E-state index >= 15 is 0 Å². The Morgan fingerprint density at radius 3 is 2.57 bits per heavy atom. The third-order valence-electron chi connectivity index (χ3n) is 4.39. The molecule has 0 unspecified atom stereocenters. The van der Waals surface area contributed by atoms with Gasteiger partial charge in [0.15, 0.2) is 0 Å². The number of aromatic hydroxyl groups is 1. The van der Waals surface area contributed by atoms with E-state index in [0.717, 1.165) is 5.69 Å². The van der Waals surface area contributed by atoms with Crippen LogP contribution in [0.2, 0.25) is 0 Å². The summed E-state index contributed by atoms with van der Waals surface area (Å²) in [5, 5.41) is 17.5. The Morgan fingerprint density at radius 1 is 1.00 bits per heavy atom. The summed E-state index contributed by atoms with van der Waals surface area (Å²) in [6.45, 7) is 0. The number of nitrogens with zero attached hydrogens (tertiary/aromatic N) is 1. The van der Waals surface area contributed by atoms with E-state index in [9.17, 15) is 9.90 Å². The molecule has 1 amide bonds. The maximum absolute atomic E-state index is 13.1. The van der Waals surface area contributed by atoms with Crippen LogP contribution in [0.15, 0.2) is 88.4 Å². The second kappa shape index (κ2) is 8.40. The van der Waals surface area contributed by atoms with E-state index in [1.54, 1.807) is 30.3 Å². The molecule has 7 heteroatoms. The fraction of sp³-hybridized carbons (Fsp3) is 0.0435. The first-order chi connectivity index (χ1) is 14.6. The Labute approximate surface area is 172 Å². The van der Waals surface area contributed by atoms with Gasteiger partial charge in [0.25, 0.3) is 5.91 Å².